The van der Waals surface area contributed by atoms with Crippen LogP contribution in [-0.4, -0.2) is 21.3 Å². The number of carbonyl (C=O) groups is 1. The van der Waals surface area contributed by atoms with E-state index in [0.29, 0.717) is 11.5 Å². The Morgan fingerprint density at radius 3 is 2.71 bits per heavy atom. The van der Waals surface area contributed by atoms with Gasteiger partial charge in [-0.15, -0.1) is 10.2 Å². The number of para-hydroxylation sites is 1. The Balaban J connectivity index is 1.68. The van der Waals surface area contributed by atoms with Gasteiger partial charge < -0.3 is 14.3 Å². The van der Waals surface area contributed by atoms with Gasteiger partial charge in [0, 0.05) is 10.0 Å². The number of nitrogens with zero attached hydrogens (tertiary/aromatic N) is 2. The van der Waals surface area contributed by atoms with Crippen LogP contribution in [0.5, 0.6) is 5.75 Å². The second-order valence-electron chi connectivity index (χ2n) is 5.06. The number of esters is 1. The van der Waals surface area contributed by atoms with Gasteiger partial charge in [-0.25, -0.2) is 4.79 Å². The van der Waals surface area contributed by atoms with Crippen LogP contribution in [0.15, 0.2) is 51.4 Å². The molecule has 0 spiro atoms. The number of hydrogen-bond acceptors (Lipinski definition) is 6. The fraction of sp³-hybridized carbons (Fsp3) is 0.118. The van der Waals surface area contributed by atoms with Crippen LogP contribution in [0.2, 0.25) is 0 Å². The molecular formula is C17H13BrN2O4. The smallest absolute Gasteiger partial charge is 0.342 e. The Hall–Kier alpha value is -2.67. The van der Waals surface area contributed by atoms with Crippen LogP contribution >= 0.6 is 15.9 Å². The van der Waals surface area contributed by atoms with Crippen molar-refractivity contribution in [1.29, 1.82) is 0 Å². The van der Waals surface area contributed by atoms with E-state index in [-0.39, 0.29) is 23.8 Å². The first kappa shape index (κ1) is 16.2. The molecule has 0 aliphatic carbocycles. The van der Waals surface area contributed by atoms with Crippen molar-refractivity contribution in [1.82, 2.24) is 10.2 Å². The first-order valence-corrected chi connectivity index (χ1v) is 7.88. The maximum Gasteiger partial charge on any atom is 0.342 e. The second-order valence-corrected chi connectivity index (χ2v) is 5.97. The van der Waals surface area contributed by atoms with E-state index in [9.17, 15) is 9.90 Å². The maximum absolute atomic E-state index is 12.0. The average Bonchev–Trinajstić information content (AvgIpc) is 3.05. The molecule has 6 nitrogen and oxygen atoms in total. The molecule has 7 heteroatoms. The second kappa shape index (κ2) is 6.84. The Morgan fingerprint density at radius 1 is 1.21 bits per heavy atom. The lowest BCUT2D eigenvalue weighted by Crippen LogP contribution is -2.06. The number of aromatic hydroxyl groups is 1. The number of benzene rings is 2. The number of aromatic nitrogens is 2. The summed E-state index contributed by atoms with van der Waals surface area (Å²) in [7, 11) is 0. The topological polar surface area (TPSA) is 85.5 Å². The molecule has 0 aliphatic heterocycles. The molecule has 0 saturated carbocycles. The molecule has 1 N–H and O–H groups in total. The van der Waals surface area contributed by atoms with Gasteiger partial charge in [-0.3, -0.25) is 0 Å². The Kier molecular flexibility index (Phi) is 4.61. The quantitative estimate of drug-likeness (QED) is 0.682. The molecular weight excluding hydrogens is 376 g/mol. The molecule has 0 saturated heterocycles. The molecule has 0 unspecified atom stereocenters. The first-order valence-electron chi connectivity index (χ1n) is 7.08. The van der Waals surface area contributed by atoms with Crippen molar-refractivity contribution in [3.05, 3.63) is 64.0 Å². The van der Waals surface area contributed by atoms with Crippen LogP contribution < -0.4 is 0 Å². The molecule has 0 aliphatic rings. The molecule has 3 aromatic rings. The molecule has 1 aromatic heterocycles. The van der Waals surface area contributed by atoms with E-state index in [1.807, 2.05) is 24.3 Å². The third kappa shape index (κ3) is 3.46. The number of aryl methyl sites for hydroxylation is 1. The summed E-state index contributed by atoms with van der Waals surface area (Å²) in [4.78, 5) is 12.0. The van der Waals surface area contributed by atoms with Crippen LogP contribution in [-0.2, 0) is 11.3 Å². The number of hydrogen-bond donors (Lipinski definition) is 1. The van der Waals surface area contributed by atoms with Crippen molar-refractivity contribution in [3.8, 4) is 17.2 Å². The molecule has 0 atom stereocenters. The molecule has 2 aromatic carbocycles. The highest BCUT2D eigenvalue weighted by atomic mass is 79.9. The summed E-state index contributed by atoms with van der Waals surface area (Å²) in [6, 6.07) is 12.3. The normalized spacial score (nSPS) is 10.6. The predicted molar refractivity (Wildman–Crippen MR) is 89.4 cm³/mol. The van der Waals surface area contributed by atoms with Crippen molar-refractivity contribution in [2.24, 2.45) is 0 Å². The number of halogens is 1. The van der Waals surface area contributed by atoms with E-state index in [4.69, 9.17) is 9.15 Å². The number of phenolic OH excluding ortho intramolecular Hbond substituents is 1. The van der Waals surface area contributed by atoms with Crippen LogP contribution in [0.4, 0.5) is 0 Å². The number of phenols is 1. The van der Waals surface area contributed by atoms with E-state index in [2.05, 4.69) is 26.1 Å². The zero-order valence-corrected chi connectivity index (χ0v) is 14.3. The maximum atomic E-state index is 12.0. The fourth-order valence-corrected chi connectivity index (χ4v) is 2.31. The highest BCUT2D eigenvalue weighted by Crippen LogP contribution is 2.23. The summed E-state index contributed by atoms with van der Waals surface area (Å²) in [5, 5.41) is 17.7. The summed E-state index contributed by atoms with van der Waals surface area (Å²) >= 11 is 3.35. The van der Waals surface area contributed by atoms with Gasteiger partial charge in [-0.2, -0.15) is 0 Å². The lowest BCUT2D eigenvalue weighted by atomic mass is 10.1. The van der Waals surface area contributed by atoms with Crippen LogP contribution in [0.1, 0.15) is 21.8 Å². The van der Waals surface area contributed by atoms with E-state index in [1.54, 1.807) is 19.1 Å². The zero-order valence-electron chi connectivity index (χ0n) is 12.7. The first-order chi connectivity index (χ1) is 11.5. The van der Waals surface area contributed by atoms with Crippen molar-refractivity contribution >= 4 is 21.9 Å². The molecule has 0 bridgehead atoms. The minimum atomic E-state index is -0.653. The van der Waals surface area contributed by atoms with Crippen molar-refractivity contribution < 1.29 is 19.1 Å². The molecule has 0 fully saturated rings. The van der Waals surface area contributed by atoms with Crippen LogP contribution in [0.3, 0.4) is 0 Å². The van der Waals surface area contributed by atoms with Gasteiger partial charge in [0.15, 0.2) is 6.61 Å². The summed E-state index contributed by atoms with van der Waals surface area (Å²) in [6.07, 6.45) is 0. The van der Waals surface area contributed by atoms with Gasteiger partial charge in [-0.1, -0.05) is 28.1 Å². The zero-order chi connectivity index (χ0) is 17.1. The third-order valence-electron chi connectivity index (χ3n) is 3.34. The number of ether oxygens (including phenoxy) is 1. The number of rotatable bonds is 4. The minimum absolute atomic E-state index is 0.0939. The highest BCUT2D eigenvalue weighted by molar-refractivity contribution is 9.10. The average molecular weight is 389 g/mol. The van der Waals surface area contributed by atoms with Gasteiger partial charge in [-0.05, 0) is 42.8 Å². The largest absolute Gasteiger partial charge is 0.507 e. The predicted octanol–water partition coefficient (Wildman–Crippen LogP) is 3.87. The van der Waals surface area contributed by atoms with E-state index in [0.717, 1.165) is 10.0 Å². The van der Waals surface area contributed by atoms with Crippen LogP contribution in [0, 0.1) is 6.92 Å². The molecule has 3 rings (SSSR count). The molecule has 122 valence electrons. The summed E-state index contributed by atoms with van der Waals surface area (Å²) in [6.45, 7) is 1.53. The molecule has 1 heterocycles. The Bertz CT molecular complexity index is 875. The minimum Gasteiger partial charge on any atom is -0.507 e. The molecule has 0 radical (unpaired) electrons. The summed E-state index contributed by atoms with van der Waals surface area (Å²) in [5.41, 5.74) is 1.46. The Morgan fingerprint density at radius 2 is 1.96 bits per heavy atom. The molecule has 24 heavy (non-hydrogen) atoms. The third-order valence-corrected chi connectivity index (χ3v) is 3.87. The van der Waals surface area contributed by atoms with Crippen molar-refractivity contribution in [3.63, 3.8) is 0 Å². The van der Waals surface area contributed by atoms with Gasteiger partial charge in [0.05, 0.1) is 0 Å². The Labute approximate surface area is 146 Å². The number of carbonyl (C=O) groups excluding carboxylic acids is 1. The van der Waals surface area contributed by atoms with Gasteiger partial charge in [0.2, 0.25) is 5.89 Å². The lowest BCUT2D eigenvalue weighted by molar-refractivity contribution is 0.0435. The highest BCUT2D eigenvalue weighted by Gasteiger charge is 2.16. The van der Waals surface area contributed by atoms with Gasteiger partial charge in [0.1, 0.15) is 11.3 Å². The standard InChI is InChI=1S/C17H13BrN2O4/c1-10-3-2-4-13(15(10)21)17(22)23-9-14-19-20-16(24-14)11-5-7-12(18)8-6-11/h2-8,21H,9H2,1H3. The summed E-state index contributed by atoms with van der Waals surface area (Å²) in [5.74, 6) is -0.233. The van der Waals surface area contributed by atoms with E-state index >= 15 is 0 Å². The lowest BCUT2D eigenvalue weighted by Gasteiger charge is -2.06. The van der Waals surface area contributed by atoms with Gasteiger partial charge >= 0.3 is 5.97 Å². The summed E-state index contributed by atoms with van der Waals surface area (Å²) < 4.78 is 11.5. The SMILES string of the molecule is Cc1cccc(C(=O)OCc2nnc(-c3ccc(Br)cc3)o2)c1O. The fourth-order valence-electron chi connectivity index (χ4n) is 2.05. The van der Waals surface area contributed by atoms with Gasteiger partial charge in [0.25, 0.3) is 5.89 Å². The van der Waals surface area contributed by atoms with Crippen molar-refractivity contribution in [2.75, 3.05) is 0 Å². The van der Waals surface area contributed by atoms with E-state index < -0.39 is 5.97 Å². The monoisotopic (exact) mass is 388 g/mol. The van der Waals surface area contributed by atoms with Crippen LogP contribution in [0.25, 0.3) is 11.5 Å². The van der Waals surface area contributed by atoms with Crippen molar-refractivity contribution in [2.45, 2.75) is 13.5 Å². The van der Waals surface area contributed by atoms with E-state index in [1.165, 1.54) is 6.07 Å². The molecule has 0 amide bonds.